The Kier molecular flexibility index (Phi) is 4.56. The Balaban J connectivity index is 1.72. The summed E-state index contributed by atoms with van der Waals surface area (Å²) in [5.41, 5.74) is 1.15. The van der Waals surface area contributed by atoms with E-state index in [1.54, 1.807) is 0 Å². The summed E-state index contributed by atoms with van der Waals surface area (Å²) in [5.74, 6) is -0.0872. The van der Waals surface area contributed by atoms with Crippen LogP contribution in [-0.2, 0) is 20.9 Å². The molecule has 0 amide bonds. The molecule has 1 aromatic rings. The van der Waals surface area contributed by atoms with Crippen molar-refractivity contribution in [2.24, 2.45) is 0 Å². The lowest BCUT2D eigenvalue weighted by molar-refractivity contribution is -0.151. The predicted molar refractivity (Wildman–Crippen MR) is 64.4 cm³/mol. The highest BCUT2D eigenvalue weighted by Gasteiger charge is 2.18. The zero-order chi connectivity index (χ0) is 11.9. The predicted octanol–water partition coefficient (Wildman–Crippen LogP) is 2.69. The van der Waals surface area contributed by atoms with Gasteiger partial charge in [-0.2, -0.15) is 0 Å². The SMILES string of the molecule is O=C1CCCC[C@@H](COCc2ccccc2)O1. The van der Waals surface area contributed by atoms with Crippen molar-refractivity contribution >= 4 is 5.97 Å². The summed E-state index contributed by atoms with van der Waals surface area (Å²) >= 11 is 0. The minimum absolute atomic E-state index is 0.0614. The van der Waals surface area contributed by atoms with E-state index in [1.807, 2.05) is 30.3 Å². The largest absolute Gasteiger partial charge is 0.460 e. The summed E-state index contributed by atoms with van der Waals surface area (Å²) in [7, 11) is 0. The van der Waals surface area contributed by atoms with Gasteiger partial charge in [-0.3, -0.25) is 4.79 Å². The number of ether oxygens (including phenoxy) is 2. The highest BCUT2D eigenvalue weighted by molar-refractivity contribution is 5.69. The number of carbonyl (C=O) groups is 1. The van der Waals surface area contributed by atoms with Gasteiger partial charge in [0.15, 0.2) is 0 Å². The first-order chi connectivity index (χ1) is 8.34. The van der Waals surface area contributed by atoms with Gasteiger partial charge in [0.25, 0.3) is 0 Å². The molecule has 1 fully saturated rings. The topological polar surface area (TPSA) is 35.5 Å². The number of cyclic esters (lactones) is 1. The average Bonchev–Trinajstić information content (AvgIpc) is 2.55. The Hall–Kier alpha value is -1.35. The van der Waals surface area contributed by atoms with Crippen LogP contribution in [0.15, 0.2) is 30.3 Å². The zero-order valence-electron chi connectivity index (χ0n) is 9.93. The van der Waals surface area contributed by atoms with Gasteiger partial charge in [0.05, 0.1) is 13.2 Å². The Morgan fingerprint density at radius 3 is 2.88 bits per heavy atom. The van der Waals surface area contributed by atoms with Gasteiger partial charge in [0, 0.05) is 6.42 Å². The maximum absolute atomic E-state index is 11.2. The van der Waals surface area contributed by atoms with Crippen LogP contribution < -0.4 is 0 Å². The fourth-order valence-electron chi connectivity index (χ4n) is 1.94. The molecule has 1 aliphatic rings. The third-order valence-electron chi connectivity index (χ3n) is 2.87. The third kappa shape index (κ3) is 4.19. The van der Waals surface area contributed by atoms with Gasteiger partial charge in [0.1, 0.15) is 6.10 Å². The number of carbonyl (C=O) groups excluding carboxylic acids is 1. The summed E-state index contributed by atoms with van der Waals surface area (Å²) in [5, 5.41) is 0. The lowest BCUT2D eigenvalue weighted by atomic mass is 10.1. The maximum atomic E-state index is 11.2. The molecule has 2 rings (SSSR count). The molecule has 1 aromatic carbocycles. The quantitative estimate of drug-likeness (QED) is 0.751. The minimum atomic E-state index is -0.0872. The van der Waals surface area contributed by atoms with E-state index in [2.05, 4.69) is 0 Å². The van der Waals surface area contributed by atoms with Crippen LogP contribution in [0.5, 0.6) is 0 Å². The van der Waals surface area contributed by atoms with Crippen molar-refractivity contribution in [3.05, 3.63) is 35.9 Å². The summed E-state index contributed by atoms with van der Waals surface area (Å²) in [6.45, 7) is 1.08. The van der Waals surface area contributed by atoms with Crippen molar-refractivity contribution in [2.75, 3.05) is 6.61 Å². The fourth-order valence-corrected chi connectivity index (χ4v) is 1.94. The maximum Gasteiger partial charge on any atom is 0.306 e. The van der Waals surface area contributed by atoms with Crippen molar-refractivity contribution in [3.8, 4) is 0 Å². The van der Waals surface area contributed by atoms with Gasteiger partial charge < -0.3 is 9.47 Å². The molecular formula is C14H18O3. The standard InChI is InChI=1S/C14H18O3/c15-14-9-5-4-8-13(17-14)11-16-10-12-6-2-1-3-7-12/h1-3,6-7,13H,4-5,8-11H2/t13-/m0/s1. The van der Waals surface area contributed by atoms with Crippen molar-refractivity contribution < 1.29 is 14.3 Å². The zero-order valence-corrected chi connectivity index (χ0v) is 9.93. The average molecular weight is 234 g/mol. The monoisotopic (exact) mass is 234 g/mol. The lowest BCUT2D eigenvalue weighted by Gasteiger charge is -2.15. The van der Waals surface area contributed by atoms with Crippen molar-refractivity contribution in [3.63, 3.8) is 0 Å². The second kappa shape index (κ2) is 6.40. The van der Waals surface area contributed by atoms with Gasteiger partial charge in [0.2, 0.25) is 0 Å². The van der Waals surface area contributed by atoms with E-state index < -0.39 is 0 Å². The molecular weight excluding hydrogens is 216 g/mol. The molecule has 0 aromatic heterocycles. The molecule has 0 N–H and O–H groups in total. The van der Waals surface area contributed by atoms with Gasteiger partial charge in [-0.15, -0.1) is 0 Å². The molecule has 0 aliphatic carbocycles. The van der Waals surface area contributed by atoms with Crippen LogP contribution in [0.3, 0.4) is 0 Å². The van der Waals surface area contributed by atoms with Crippen LogP contribution in [0.25, 0.3) is 0 Å². The highest BCUT2D eigenvalue weighted by Crippen LogP contribution is 2.15. The minimum Gasteiger partial charge on any atom is -0.460 e. The highest BCUT2D eigenvalue weighted by atomic mass is 16.6. The van der Waals surface area contributed by atoms with Crippen LogP contribution >= 0.6 is 0 Å². The van der Waals surface area contributed by atoms with Crippen molar-refractivity contribution in [1.82, 2.24) is 0 Å². The fraction of sp³-hybridized carbons (Fsp3) is 0.500. The number of benzene rings is 1. The third-order valence-corrected chi connectivity index (χ3v) is 2.87. The summed E-state index contributed by atoms with van der Waals surface area (Å²) in [4.78, 5) is 11.2. The van der Waals surface area contributed by atoms with Crippen molar-refractivity contribution in [2.45, 2.75) is 38.4 Å². The number of hydrogen-bond donors (Lipinski definition) is 0. The number of rotatable bonds is 4. The van der Waals surface area contributed by atoms with Gasteiger partial charge >= 0.3 is 5.97 Å². The van der Waals surface area contributed by atoms with E-state index in [0.29, 0.717) is 19.6 Å². The number of hydrogen-bond acceptors (Lipinski definition) is 3. The molecule has 1 heterocycles. The molecule has 0 spiro atoms. The Morgan fingerprint density at radius 1 is 1.24 bits per heavy atom. The second-order valence-corrected chi connectivity index (χ2v) is 4.36. The van der Waals surface area contributed by atoms with Crippen molar-refractivity contribution in [1.29, 1.82) is 0 Å². The summed E-state index contributed by atoms with van der Waals surface area (Å²) in [6, 6.07) is 10.0. The molecule has 92 valence electrons. The Morgan fingerprint density at radius 2 is 2.06 bits per heavy atom. The smallest absolute Gasteiger partial charge is 0.306 e. The molecule has 3 nitrogen and oxygen atoms in total. The lowest BCUT2D eigenvalue weighted by Crippen LogP contribution is -2.21. The van der Waals surface area contributed by atoms with E-state index in [-0.39, 0.29) is 12.1 Å². The molecule has 1 atom stereocenters. The van der Waals surface area contributed by atoms with Crippen LogP contribution in [0.2, 0.25) is 0 Å². The summed E-state index contributed by atoms with van der Waals surface area (Å²) < 4.78 is 10.9. The molecule has 0 radical (unpaired) electrons. The van der Waals surface area contributed by atoms with E-state index in [4.69, 9.17) is 9.47 Å². The molecule has 0 unspecified atom stereocenters. The van der Waals surface area contributed by atoms with Crippen LogP contribution in [0.4, 0.5) is 0 Å². The van der Waals surface area contributed by atoms with E-state index in [9.17, 15) is 4.79 Å². The van der Waals surface area contributed by atoms with Gasteiger partial charge in [-0.05, 0) is 24.8 Å². The van der Waals surface area contributed by atoms with E-state index >= 15 is 0 Å². The molecule has 17 heavy (non-hydrogen) atoms. The first-order valence-electron chi connectivity index (χ1n) is 6.16. The molecule has 1 saturated heterocycles. The molecule has 1 aliphatic heterocycles. The summed E-state index contributed by atoms with van der Waals surface area (Å²) in [6.07, 6.45) is 3.39. The molecule has 3 heteroatoms. The first-order valence-corrected chi connectivity index (χ1v) is 6.16. The van der Waals surface area contributed by atoms with Gasteiger partial charge in [-0.1, -0.05) is 30.3 Å². The molecule has 0 saturated carbocycles. The van der Waals surface area contributed by atoms with E-state index in [1.165, 1.54) is 0 Å². The second-order valence-electron chi connectivity index (χ2n) is 4.36. The van der Waals surface area contributed by atoms with E-state index in [0.717, 1.165) is 24.8 Å². The Labute approximate surface area is 102 Å². The Bertz CT molecular complexity index is 348. The molecule has 0 bridgehead atoms. The normalized spacial score (nSPS) is 20.7. The van der Waals surface area contributed by atoms with Crippen LogP contribution in [0.1, 0.15) is 31.2 Å². The van der Waals surface area contributed by atoms with Gasteiger partial charge in [-0.25, -0.2) is 0 Å². The first kappa shape index (κ1) is 12.1. The van der Waals surface area contributed by atoms with Crippen LogP contribution in [0, 0.1) is 0 Å². The van der Waals surface area contributed by atoms with Crippen LogP contribution in [-0.4, -0.2) is 18.7 Å². The number of esters is 1.